The number of nitrogens with one attached hydrogen (secondary N) is 1. The molecule has 1 aromatic heterocycles. The van der Waals surface area contributed by atoms with E-state index in [4.69, 9.17) is 11.0 Å². The Labute approximate surface area is 108 Å². The van der Waals surface area contributed by atoms with Crippen LogP contribution in [0.1, 0.15) is 11.3 Å². The maximum absolute atomic E-state index is 9.15. The van der Waals surface area contributed by atoms with Gasteiger partial charge in [0.05, 0.1) is 5.69 Å². The van der Waals surface area contributed by atoms with Crippen molar-refractivity contribution in [2.24, 2.45) is 0 Å². The lowest BCUT2D eigenvalue weighted by Crippen LogP contribution is -2.16. The third-order valence-corrected chi connectivity index (χ3v) is 3.03. The van der Waals surface area contributed by atoms with Gasteiger partial charge in [0, 0.05) is 10.0 Å². The Morgan fingerprint density at radius 3 is 2.53 bits per heavy atom. The number of hydrogen-bond acceptors (Lipinski definition) is 2. The molecule has 0 radical (unpaired) electrons. The fraction of sp³-hybridized carbons (Fsp3) is 0.0769. The summed E-state index contributed by atoms with van der Waals surface area (Å²) >= 11 is 3.39. The molecule has 0 bridgehead atoms. The van der Waals surface area contributed by atoms with Crippen molar-refractivity contribution in [1.29, 1.82) is 5.26 Å². The molecule has 0 aliphatic rings. The molecule has 0 unspecified atom stereocenters. The Morgan fingerprint density at radius 1 is 1.29 bits per heavy atom. The number of nitriles is 1. The van der Waals surface area contributed by atoms with Crippen LogP contribution in [0.15, 0.2) is 34.8 Å². The van der Waals surface area contributed by atoms with Gasteiger partial charge in [-0.1, -0.05) is 28.1 Å². The summed E-state index contributed by atoms with van der Waals surface area (Å²) < 4.78 is 1.01. The molecule has 3 N–H and O–H groups in total. The SMILES string of the molecule is Cc1cc(-c2ccc(Br)cc2)c(C#N)c(N)[nH+]1. The van der Waals surface area contributed by atoms with Crippen molar-refractivity contribution in [2.75, 3.05) is 5.73 Å². The fourth-order valence-corrected chi connectivity index (χ4v) is 1.99. The molecular formula is C13H11BrN3+. The number of rotatable bonds is 1. The van der Waals surface area contributed by atoms with Gasteiger partial charge < -0.3 is 0 Å². The number of aromatic amines is 1. The highest BCUT2D eigenvalue weighted by Gasteiger charge is 2.14. The van der Waals surface area contributed by atoms with E-state index in [0.717, 1.165) is 21.3 Å². The molecule has 0 fully saturated rings. The van der Waals surface area contributed by atoms with E-state index in [1.54, 1.807) is 0 Å². The van der Waals surface area contributed by atoms with Gasteiger partial charge in [-0.3, -0.25) is 5.73 Å². The third kappa shape index (κ3) is 2.29. The van der Waals surface area contributed by atoms with Crippen molar-refractivity contribution in [3.63, 3.8) is 0 Å². The second-order valence-corrected chi connectivity index (χ2v) is 4.69. The van der Waals surface area contributed by atoms with E-state index in [9.17, 15) is 0 Å². The van der Waals surface area contributed by atoms with Crippen molar-refractivity contribution in [3.05, 3.63) is 46.1 Å². The maximum atomic E-state index is 9.15. The van der Waals surface area contributed by atoms with Gasteiger partial charge in [-0.15, -0.1) is 0 Å². The summed E-state index contributed by atoms with van der Waals surface area (Å²) in [4.78, 5) is 2.96. The number of aromatic nitrogens is 1. The zero-order valence-electron chi connectivity index (χ0n) is 9.29. The van der Waals surface area contributed by atoms with Crippen LogP contribution in [0.25, 0.3) is 11.1 Å². The molecule has 0 atom stereocenters. The summed E-state index contributed by atoms with van der Waals surface area (Å²) in [5, 5.41) is 9.15. The number of halogens is 1. The lowest BCUT2D eigenvalue weighted by molar-refractivity contribution is -0.370. The Kier molecular flexibility index (Phi) is 3.12. The van der Waals surface area contributed by atoms with Crippen LogP contribution in [0.5, 0.6) is 0 Å². The number of nitrogen functional groups attached to an aromatic ring is 1. The predicted octanol–water partition coefficient (Wildman–Crippen LogP) is 2.69. The van der Waals surface area contributed by atoms with E-state index in [2.05, 4.69) is 27.0 Å². The van der Waals surface area contributed by atoms with Gasteiger partial charge in [0.25, 0.3) is 5.82 Å². The highest BCUT2D eigenvalue weighted by Crippen LogP contribution is 2.26. The molecular weight excluding hydrogens is 278 g/mol. The summed E-state index contributed by atoms with van der Waals surface area (Å²) in [6.45, 7) is 1.92. The second-order valence-electron chi connectivity index (χ2n) is 3.77. The Balaban J connectivity index is 2.66. The topological polar surface area (TPSA) is 64.0 Å². The van der Waals surface area contributed by atoms with E-state index < -0.39 is 0 Å². The molecule has 2 rings (SSSR count). The highest BCUT2D eigenvalue weighted by molar-refractivity contribution is 9.10. The summed E-state index contributed by atoms with van der Waals surface area (Å²) in [7, 11) is 0. The second kappa shape index (κ2) is 4.56. The lowest BCUT2D eigenvalue weighted by atomic mass is 10.0. The first-order valence-electron chi connectivity index (χ1n) is 5.10. The molecule has 0 spiro atoms. The van der Waals surface area contributed by atoms with E-state index in [1.165, 1.54) is 0 Å². The average molecular weight is 289 g/mol. The van der Waals surface area contributed by atoms with Gasteiger partial charge in [0.15, 0.2) is 0 Å². The van der Waals surface area contributed by atoms with Gasteiger partial charge in [-0.2, -0.15) is 5.26 Å². The van der Waals surface area contributed by atoms with Crippen LogP contribution in [0.4, 0.5) is 5.82 Å². The van der Waals surface area contributed by atoms with Gasteiger partial charge >= 0.3 is 0 Å². The van der Waals surface area contributed by atoms with Crippen LogP contribution < -0.4 is 10.7 Å². The van der Waals surface area contributed by atoms with Crippen LogP contribution in [-0.2, 0) is 0 Å². The molecule has 0 aliphatic carbocycles. The first kappa shape index (κ1) is 11.6. The molecule has 1 heterocycles. The predicted molar refractivity (Wildman–Crippen MR) is 70.0 cm³/mol. The number of nitrogens with zero attached hydrogens (tertiary/aromatic N) is 1. The molecule has 4 heteroatoms. The Morgan fingerprint density at radius 2 is 1.94 bits per heavy atom. The van der Waals surface area contributed by atoms with Crippen LogP contribution in [0.3, 0.4) is 0 Å². The van der Waals surface area contributed by atoms with E-state index in [1.807, 2.05) is 37.3 Å². The number of aryl methyl sites for hydroxylation is 1. The zero-order chi connectivity index (χ0) is 12.4. The molecule has 0 aliphatic heterocycles. The largest absolute Gasteiger partial charge is 0.289 e. The van der Waals surface area contributed by atoms with Crippen molar-refractivity contribution < 1.29 is 4.98 Å². The Bertz CT molecular complexity index is 597. The van der Waals surface area contributed by atoms with E-state index >= 15 is 0 Å². The summed E-state index contributed by atoms with van der Waals surface area (Å²) in [6.07, 6.45) is 0. The number of benzene rings is 1. The first-order valence-corrected chi connectivity index (χ1v) is 5.89. The minimum Gasteiger partial charge on any atom is -0.286 e. The monoisotopic (exact) mass is 288 g/mol. The first-order chi connectivity index (χ1) is 8.11. The number of hydrogen-bond donors (Lipinski definition) is 1. The fourth-order valence-electron chi connectivity index (χ4n) is 1.72. The Hall–Kier alpha value is -1.86. The number of anilines is 1. The quantitative estimate of drug-likeness (QED) is 0.877. The van der Waals surface area contributed by atoms with Crippen LogP contribution in [0, 0.1) is 18.3 Å². The van der Waals surface area contributed by atoms with E-state index in [-0.39, 0.29) is 0 Å². The van der Waals surface area contributed by atoms with Gasteiger partial charge in [0.2, 0.25) is 0 Å². The molecule has 17 heavy (non-hydrogen) atoms. The minimum absolute atomic E-state index is 0.408. The normalized spacial score (nSPS) is 9.94. The maximum Gasteiger partial charge on any atom is 0.289 e. The molecule has 2 aromatic rings. The van der Waals surface area contributed by atoms with Gasteiger partial charge in [-0.05, 0) is 30.7 Å². The van der Waals surface area contributed by atoms with Crippen molar-refractivity contribution >= 4 is 21.7 Å². The molecule has 0 saturated carbocycles. The molecule has 3 nitrogen and oxygen atoms in total. The van der Waals surface area contributed by atoms with Crippen molar-refractivity contribution in [2.45, 2.75) is 6.92 Å². The lowest BCUT2D eigenvalue weighted by Gasteiger charge is -2.05. The average Bonchev–Trinajstić information content (AvgIpc) is 2.29. The highest BCUT2D eigenvalue weighted by atomic mass is 79.9. The third-order valence-electron chi connectivity index (χ3n) is 2.50. The zero-order valence-corrected chi connectivity index (χ0v) is 10.9. The van der Waals surface area contributed by atoms with Crippen LogP contribution >= 0.6 is 15.9 Å². The van der Waals surface area contributed by atoms with Crippen LogP contribution in [-0.4, -0.2) is 0 Å². The smallest absolute Gasteiger partial charge is 0.286 e. The van der Waals surface area contributed by atoms with E-state index in [0.29, 0.717) is 11.4 Å². The molecule has 0 amide bonds. The molecule has 0 saturated heterocycles. The molecule has 84 valence electrons. The standard InChI is InChI=1S/C13H10BrN3/c1-8-6-11(12(7-15)13(16)17-8)9-2-4-10(14)5-3-9/h2-6H,1H3,(H2,16,17)/p+1. The van der Waals surface area contributed by atoms with Gasteiger partial charge in [-0.25, -0.2) is 4.98 Å². The van der Waals surface area contributed by atoms with Crippen molar-refractivity contribution in [3.8, 4) is 17.2 Å². The number of nitrogens with two attached hydrogens (primary N) is 1. The summed E-state index contributed by atoms with van der Waals surface area (Å²) in [5.41, 5.74) is 9.06. The summed E-state index contributed by atoms with van der Waals surface area (Å²) in [6, 6.07) is 11.9. The molecule has 1 aromatic carbocycles. The van der Waals surface area contributed by atoms with Crippen LogP contribution in [0.2, 0.25) is 0 Å². The number of H-pyrrole nitrogens is 1. The van der Waals surface area contributed by atoms with Crippen molar-refractivity contribution in [1.82, 2.24) is 0 Å². The van der Waals surface area contributed by atoms with Gasteiger partial charge in [0.1, 0.15) is 11.6 Å². The number of pyridine rings is 1. The summed E-state index contributed by atoms with van der Waals surface area (Å²) in [5.74, 6) is 0.408. The minimum atomic E-state index is 0.408.